The summed E-state index contributed by atoms with van der Waals surface area (Å²) in [6.45, 7) is 6.48. The lowest BCUT2D eigenvalue weighted by atomic mass is 10.3. The molecule has 60 valence electrons. The molecule has 0 aromatic carbocycles. The third-order valence-electron chi connectivity index (χ3n) is 0.762. The van der Waals surface area contributed by atoms with E-state index in [-0.39, 0.29) is 5.48 Å². The van der Waals surface area contributed by atoms with Crippen LogP contribution in [0, 0.1) is 0 Å². The fourth-order valence-electron chi connectivity index (χ4n) is 0.362. The summed E-state index contributed by atoms with van der Waals surface area (Å²) in [4.78, 5) is 0. The van der Waals surface area contributed by atoms with E-state index in [9.17, 15) is 0 Å². The van der Waals surface area contributed by atoms with Gasteiger partial charge < -0.3 is 10.6 Å². The van der Waals surface area contributed by atoms with Crippen LogP contribution in [0.1, 0.15) is 40.0 Å². The average molecular weight is 136 g/mol. The largest absolute Gasteiger partial charge is 0.412 e. The number of unbranched alkanes of at least 4 members (excludes halogenated alkanes) is 2. The van der Waals surface area contributed by atoms with Crippen molar-refractivity contribution in [3.05, 3.63) is 0 Å². The first-order chi connectivity index (χ1) is 3.91. The summed E-state index contributed by atoms with van der Waals surface area (Å²) in [6.07, 6.45) is 3.33. The molecule has 9 heavy (non-hydrogen) atoms. The summed E-state index contributed by atoms with van der Waals surface area (Å²) in [7, 11) is 0. The molecule has 0 atom stereocenters. The van der Waals surface area contributed by atoms with Crippen molar-refractivity contribution < 1.29 is 10.6 Å². The summed E-state index contributed by atoms with van der Waals surface area (Å²) in [6, 6.07) is 0. The van der Waals surface area contributed by atoms with Crippen LogP contribution in [-0.2, 0) is 0 Å². The second kappa shape index (κ2) is 24.7. The first-order valence-electron chi connectivity index (χ1n) is 3.52. The van der Waals surface area contributed by atoms with Crippen molar-refractivity contribution in [2.45, 2.75) is 40.0 Å². The normalized spacial score (nSPS) is 6.67. The van der Waals surface area contributed by atoms with Crippen molar-refractivity contribution in [3.8, 4) is 0 Å². The standard InChI is InChI=1S/C5H12O.C2H6.H2O/c1-2-3-4-5-6;1-2;/h6H,2-5H2,1H3;1-2H3;1H2. The van der Waals surface area contributed by atoms with E-state index in [0.29, 0.717) is 6.61 Å². The lowest BCUT2D eigenvalue weighted by molar-refractivity contribution is 0.284. The van der Waals surface area contributed by atoms with Crippen LogP contribution in [0.3, 0.4) is 0 Å². The van der Waals surface area contributed by atoms with Gasteiger partial charge >= 0.3 is 0 Å². The Morgan fingerprint density at radius 3 is 1.67 bits per heavy atom. The van der Waals surface area contributed by atoms with Crippen LogP contribution in [-0.4, -0.2) is 17.2 Å². The maximum atomic E-state index is 8.20. The predicted octanol–water partition coefficient (Wildman–Crippen LogP) is 1.37. The molecule has 0 unspecified atom stereocenters. The molecule has 0 bridgehead atoms. The average Bonchev–Trinajstić information content (AvgIpc) is 1.88. The molecule has 0 heterocycles. The first kappa shape index (κ1) is 16.0. The molecule has 0 fully saturated rings. The lowest BCUT2D eigenvalue weighted by Crippen LogP contribution is -1.78. The number of rotatable bonds is 3. The Morgan fingerprint density at radius 2 is 1.56 bits per heavy atom. The van der Waals surface area contributed by atoms with E-state index >= 15 is 0 Å². The van der Waals surface area contributed by atoms with E-state index < -0.39 is 0 Å². The molecular weight excluding hydrogens is 116 g/mol. The Labute approximate surface area is 58.2 Å². The summed E-state index contributed by atoms with van der Waals surface area (Å²) >= 11 is 0. The highest BCUT2D eigenvalue weighted by molar-refractivity contribution is 4.30. The van der Waals surface area contributed by atoms with Crippen LogP contribution in [0.15, 0.2) is 0 Å². The number of aliphatic hydroxyl groups excluding tert-OH is 1. The molecule has 0 aromatic heterocycles. The number of hydrogen-bond acceptors (Lipinski definition) is 1. The molecule has 0 saturated carbocycles. The topological polar surface area (TPSA) is 51.7 Å². The minimum atomic E-state index is 0. The maximum Gasteiger partial charge on any atom is 0.0431 e. The van der Waals surface area contributed by atoms with Gasteiger partial charge in [-0.1, -0.05) is 33.6 Å². The van der Waals surface area contributed by atoms with E-state index in [0.717, 1.165) is 12.8 Å². The van der Waals surface area contributed by atoms with Crippen LogP contribution in [0.2, 0.25) is 0 Å². The molecule has 0 spiro atoms. The van der Waals surface area contributed by atoms with Crippen LogP contribution >= 0.6 is 0 Å². The molecule has 0 aromatic rings. The van der Waals surface area contributed by atoms with Gasteiger partial charge in [-0.15, -0.1) is 0 Å². The molecule has 0 amide bonds. The minimum absolute atomic E-state index is 0. The highest BCUT2D eigenvalue weighted by atomic mass is 16.2. The van der Waals surface area contributed by atoms with Crippen molar-refractivity contribution in [2.75, 3.05) is 6.61 Å². The molecule has 0 rings (SSSR count). The van der Waals surface area contributed by atoms with Gasteiger partial charge in [0.1, 0.15) is 0 Å². The summed E-state index contributed by atoms with van der Waals surface area (Å²) in [5.74, 6) is 0. The Bertz CT molecular complexity index is 18.9. The first-order valence-corrected chi connectivity index (χ1v) is 3.52. The molecule has 3 N–H and O–H groups in total. The highest BCUT2D eigenvalue weighted by Crippen LogP contribution is 1.89. The van der Waals surface area contributed by atoms with Gasteiger partial charge in [-0.25, -0.2) is 0 Å². The Hall–Kier alpha value is -0.0800. The van der Waals surface area contributed by atoms with Gasteiger partial charge in [0.2, 0.25) is 0 Å². The van der Waals surface area contributed by atoms with Gasteiger partial charge in [0.15, 0.2) is 0 Å². The van der Waals surface area contributed by atoms with E-state index in [1.165, 1.54) is 6.42 Å². The molecule has 0 saturated heterocycles. The molecule has 2 heteroatoms. The second-order valence-electron chi connectivity index (χ2n) is 1.43. The zero-order valence-electron chi connectivity index (χ0n) is 6.78. The van der Waals surface area contributed by atoms with Gasteiger partial charge in [-0.2, -0.15) is 0 Å². The minimum Gasteiger partial charge on any atom is -0.412 e. The predicted molar refractivity (Wildman–Crippen MR) is 41.6 cm³/mol. The van der Waals surface area contributed by atoms with Crippen molar-refractivity contribution in [1.29, 1.82) is 0 Å². The zero-order chi connectivity index (χ0) is 6.83. The highest BCUT2D eigenvalue weighted by Gasteiger charge is 1.76. The van der Waals surface area contributed by atoms with Crippen molar-refractivity contribution in [3.63, 3.8) is 0 Å². The van der Waals surface area contributed by atoms with Crippen LogP contribution in [0.5, 0.6) is 0 Å². The zero-order valence-corrected chi connectivity index (χ0v) is 6.78. The second-order valence-corrected chi connectivity index (χ2v) is 1.43. The van der Waals surface area contributed by atoms with Gasteiger partial charge in [-0.05, 0) is 6.42 Å². The molecule has 0 radical (unpaired) electrons. The van der Waals surface area contributed by atoms with E-state index in [1.54, 1.807) is 0 Å². The third kappa shape index (κ3) is 32.6. The third-order valence-corrected chi connectivity index (χ3v) is 0.762. The molecular formula is C7H20O2. The van der Waals surface area contributed by atoms with Crippen LogP contribution < -0.4 is 0 Å². The number of aliphatic hydroxyl groups is 1. The van der Waals surface area contributed by atoms with E-state index in [4.69, 9.17) is 5.11 Å². The fourth-order valence-corrected chi connectivity index (χ4v) is 0.362. The Kier molecular flexibility index (Phi) is 43.8. The van der Waals surface area contributed by atoms with E-state index in [1.807, 2.05) is 13.8 Å². The van der Waals surface area contributed by atoms with Crippen LogP contribution in [0.25, 0.3) is 0 Å². The summed E-state index contributed by atoms with van der Waals surface area (Å²) in [5.41, 5.74) is 0. The van der Waals surface area contributed by atoms with Gasteiger partial charge in [0.25, 0.3) is 0 Å². The molecule has 2 nitrogen and oxygen atoms in total. The van der Waals surface area contributed by atoms with Gasteiger partial charge in [0.05, 0.1) is 0 Å². The quantitative estimate of drug-likeness (QED) is 0.585. The van der Waals surface area contributed by atoms with Crippen LogP contribution in [0.4, 0.5) is 0 Å². The Balaban J connectivity index is -0.000000109. The Morgan fingerprint density at radius 1 is 1.11 bits per heavy atom. The molecule has 0 aliphatic rings. The van der Waals surface area contributed by atoms with Crippen molar-refractivity contribution in [2.24, 2.45) is 0 Å². The summed E-state index contributed by atoms with van der Waals surface area (Å²) in [5, 5.41) is 8.20. The lowest BCUT2D eigenvalue weighted by Gasteiger charge is -1.85. The monoisotopic (exact) mass is 136 g/mol. The SMILES string of the molecule is CC.CCCCCO.O. The molecule has 0 aliphatic carbocycles. The van der Waals surface area contributed by atoms with E-state index in [2.05, 4.69) is 6.92 Å². The maximum absolute atomic E-state index is 8.20. The summed E-state index contributed by atoms with van der Waals surface area (Å²) < 4.78 is 0. The fraction of sp³-hybridized carbons (Fsp3) is 1.00. The smallest absolute Gasteiger partial charge is 0.0431 e. The number of hydrogen-bond donors (Lipinski definition) is 1. The van der Waals surface area contributed by atoms with Gasteiger partial charge in [0, 0.05) is 6.61 Å². The van der Waals surface area contributed by atoms with Crippen molar-refractivity contribution in [1.82, 2.24) is 0 Å². The molecule has 0 aliphatic heterocycles. The van der Waals surface area contributed by atoms with Gasteiger partial charge in [-0.3, -0.25) is 0 Å². The van der Waals surface area contributed by atoms with Crippen molar-refractivity contribution >= 4 is 0 Å².